The van der Waals surface area contributed by atoms with E-state index in [9.17, 15) is 4.79 Å². The van der Waals surface area contributed by atoms with Crippen LogP contribution in [0.15, 0.2) is 29.8 Å². The summed E-state index contributed by atoms with van der Waals surface area (Å²) in [4.78, 5) is 20.8. The molecule has 0 unspecified atom stereocenters. The summed E-state index contributed by atoms with van der Waals surface area (Å²) in [6.45, 7) is 4.49. The van der Waals surface area contributed by atoms with Gasteiger partial charge in [-0.15, -0.1) is 11.3 Å². The second kappa shape index (κ2) is 6.78. The Balaban J connectivity index is 1.29. The maximum atomic E-state index is 12.3. The van der Waals surface area contributed by atoms with Crippen LogP contribution < -0.4 is 9.47 Å². The van der Waals surface area contributed by atoms with Crippen LogP contribution >= 0.6 is 11.3 Å². The normalized spacial score (nSPS) is 17.2. The Morgan fingerprint density at radius 3 is 2.79 bits per heavy atom. The van der Waals surface area contributed by atoms with Crippen molar-refractivity contribution in [2.24, 2.45) is 0 Å². The smallest absolute Gasteiger partial charge is 0.231 e. The lowest BCUT2D eigenvalue weighted by molar-refractivity contribution is -0.132. The first-order valence-electron chi connectivity index (χ1n) is 8.05. The Kier molecular flexibility index (Phi) is 4.36. The van der Waals surface area contributed by atoms with Crippen LogP contribution in [0.2, 0.25) is 0 Å². The molecule has 0 atom stereocenters. The molecule has 0 radical (unpaired) electrons. The zero-order valence-corrected chi connectivity index (χ0v) is 14.1. The van der Waals surface area contributed by atoms with Crippen molar-refractivity contribution >= 4 is 17.2 Å². The van der Waals surface area contributed by atoms with Gasteiger partial charge in [-0.05, 0) is 17.7 Å². The Morgan fingerprint density at radius 2 is 2.00 bits per heavy atom. The molecule has 0 aliphatic carbocycles. The van der Waals surface area contributed by atoms with Gasteiger partial charge >= 0.3 is 0 Å². The van der Waals surface area contributed by atoms with Crippen LogP contribution in [-0.2, 0) is 17.8 Å². The monoisotopic (exact) mass is 345 g/mol. The number of amides is 1. The molecule has 7 heteroatoms. The standard InChI is InChI=1S/C17H19N3O3S/c21-17(10-16-18-3-8-24-16)20-6-4-19(5-7-20)11-13-1-2-14-15(9-13)23-12-22-14/h1-3,8-9H,4-7,10-12H2. The molecule has 2 aromatic rings. The molecule has 1 aromatic heterocycles. The number of benzene rings is 1. The van der Waals surface area contributed by atoms with Crippen LogP contribution in [0, 0.1) is 0 Å². The summed E-state index contributed by atoms with van der Waals surface area (Å²) in [6.07, 6.45) is 2.16. The summed E-state index contributed by atoms with van der Waals surface area (Å²) in [5.74, 6) is 1.81. The highest BCUT2D eigenvalue weighted by molar-refractivity contribution is 7.09. The highest BCUT2D eigenvalue weighted by atomic mass is 32.1. The molecule has 0 spiro atoms. The summed E-state index contributed by atoms with van der Waals surface area (Å²) in [5, 5.41) is 2.80. The van der Waals surface area contributed by atoms with Gasteiger partial charge in [-0.3, -0.25) is 9.69 Å². The van der Waals surface area contributed by atoms with E-state index in [2.05, 4.69) is 16.0 Å². The quantitative estimate of drug-likeness (QED) is 0.845. The first-order chi connectivity index (χ1) is 11.8. The van der Waals surface area contributed by atoms with E-state index in [4.69, 9.17) is 9.47 Å². The Morgan fingerprint density at radius 1 is 1.17 bits per heavy atom. The number of carbonyl (C=O) groups excluding carboxylic acids is 1. The molecule has 3 heterocycles. The van der Waals surface area contributed by atoms with Gasteiger partial charge in [0.05, 0.1) is 6.42 Å². The lowest BCUT2D eigenvalue weighted by Gasteiger charge is -2.34. The maximum Gasteiger partial charge on any atom is 0.231 e. The van der Waals surface area contributed by atoms with Gasteiger partial charge in [-0.1, -0.05) is 6.07 Å². The number of hydrogen-bond donors (Lipinski definition) is 0. The molecule has 6 nitrogen and oxygen atoms in total. The summed E-state index contributed by atoms with van der Waals surface area (Å²) >= 11 is 1.54. The van der Waals surface area contributed by atoms with Crippen LogP contribution in [0.3, 0.4) is 0 Å². The van der Waals surface area contributed by atoms with Crippen molar-refractivity contribution in [1.29, 1.82) is 0 Å². The Bertz CT molecular complexity index is 712. The van der Waals surface area contributed by atoms with Gasteiger partial charge < -0.3 is 14.4 Å². The van der Waals surface area contributed by atoms with E-state index < -0.39 is 0 Å². The molecule has 1 saturated heterocycles. The molecule has 0 N–H and O–H groups in total. The van der Waals surface area contributed by atoms with Gasteiger partial charge in [-0.2, -0.15) is 0 Å². The molecule has 1 fully saturated rings. The van der Waals surface area contributed by atoms with Gasteiger partial charge in [0, 0.05) is 44.3 Å². The predicted molar refractivity (Wildman–Crippen MR) is 90.2 cm³/mol. The van der Waals surface area contributed by atoms with Crippen LogP contribution in [0.1, 0.15) is 10.6 Å². The molecule has 2 aliphatic rings. The molecule has 0 saturated carbocycles. The van der Waals surface area contributed by atoms with Gasteiger partial charge in [-0.25, -0.2) is 4.98 Å². The number of rotatable bonds is 4. The maximum absolute atomic E-state index is 12.3. The molecule has 126 valence electrons. The minimum Gasteiger partial charge on any atom is -0.454 e. The largest absolute Gasteiger partial charge is 0.454 e. The van der Waals surface area contributed by atoms with E-state index in [1.165, 1.54) is 16.9 Å². The van der Waals surface area contributed by atoms with E-state index in [1.54, 1.807) is 6.20 Å². The minimum absolute atomic E-state index is 0.174. The second-order valence-electron chi connectivity index (χ2n) is 5.95. The number of thiazole rings is 1. The SMILES string of the molecule is O=C(Cc1nccs1)N1CCN(Cc2ccc3c(c2)OCO3)CC1. The van der Waals surface area contributed by atoms with Crippen LogP contribution in [-0.4, -0.2) is 53.7 Å². The molecule has 1 aromatic carbocycles. The molecule has 4 rings (SSSR count). The third-order valence-electron chi connectivity index (χ3n) is 4.35. The number of hydrogen-bond acceptors (Lipinski definition) is 6. The number of piperazine rings is 1. The molecular formula is C17H19N3O3S. The first-order valence-corrected chi connectivity index (χ1v) is 8.93. The van der Waals surface area contributed by atoms with Crippen molar-refractivity contribution in [2.45, 2.75) is 13.0 Å². The van der Waals surface area contributed by atoms with E-state index >= 15 is 0 Å². The number of nitrogens with zero attached hydrogens (tertiary/aromatic N) is 3. The van der Waals surface area contributed by atoms with E-state index in [1.807, 2.05) is 22.4 Å². The molecule has 24 heavy (non-hydrogen) atoms. The Hall–Kier alpha value is -2.12. The van der Waals surface area contributed by atoms with Crippen molar-refractivity contribution in [3.05, 3.63) is 40.3 Å². The Labute approximate surface area is 144 Å². The van der Waals surface area contributed by atoms with Crippen molar-refractivity contribution in [2.75, 3.05) is 33.0 Å². The lowest BCUT2D eigenvalue weighted by Crippen LogP contribution is -2.48. The number of aromatic nitrogens is 1. The van der Waals surface area contributed by atoms with E-state index in [0.717, 1.165) is 49.2 Å². The zero-order valence-electron chi connectivity index (χ0n) is 13.3. The predicted octanol–water partition coefficient (Wildman–Crippen LogP) is 1.76. The van der Waals surface area contributed by atoms with E-state index in [-0.39, 0.29) is 5.91 Å². The van der Waals surface area contributed by atoms with Gasteiger partial charge in [0.25, 0.3) is 0 Å². The number of carbonyl (C=O) groups is 1. The summed E-state index contributed by atoms with van der Waals surface area (Å²) in [7, 11) is 0. The molecular weight excluding hydrogens is 326 g/mol. The van der Waals surface area contributed by atoms with Crippen LogP contribution in [0.4, 0.5) is 0 Å². The molecule has 1 amide bonds. The number of fused-ring (bicyclic) bond motifs is 1. The highest BCUT2D eigenvalue weighted by Gasteiger charge is 2.22. The molecule has 0 bridgehead atoms. The van der Waals surface area contributed by atoms with Crippen molar-refractivity contribution in [3.63, 3.8) is 0 Å². The first kappa shape index (κ1) is 15.4. The third kappa shape index (κ3) is 3.37. The summed E-state index contributed by atoms with van der Waals surface area (Å²) in [5.41, 5.74) is 1.21. The fraction of sp³-hybridized carbons (Fsp3) is 0.412. The average molecular weight is 345 g/mol. The fourth-order valence-electron chi connectivity index (χ4n) is 3.03. The molecule has 2 aliphatic heterocycles. The highest BCUT2D eigenvalue weighted by Crippen LogP contribution is 2.32. The van der Waals surface area contributed by atoms with Gasteiger partial charge in [0.1, 0.15) is 5.01 Å². The third-order valence-corrected chi connectivity index (χ3v) is 5.13. The van der Waals surface area contributed by atoms with Crippen molar-refractivity contribution < 1.29 is 14.3 Å². The van der Waals surface area contributed by atoms with Crippen LogP contribution in [0.25, 0.3) is 0 Å². The zero-order chi connectivity index (χ0) is 16.4. The van der Waals surface area contributed by atoms with Gasteiger partial charge in [0.15, 0.2) is 11.5 Å². The summed E-state index contributed by atoms with van der Waals surface area (Å²) in [6, 6.07) is 6.08. The second-order valence-corrected chi connectivity index (χ2v) is 6.93. The van der Waals surface area contributed by atoms with Crippen molar-refractivity contribution in [1.82, 2.24) is 14.8 Å². The minimum atomic E-state index is 0.174. The summed E-state index contributed by atoms with van der Waals surface area (Å²) < 4.78 is 10.8. The van der Waals surface area contributed by atoms with Gasteiger partial charge in [0.2, 0.25) is 12.7 Å². The fourth-order valence-corrected chi connectivity index (χ4v) is 3.64. The average Bonchev–Trinajstić information content (AvgIpc) is 3.26. The van der Waals surface area contributed by atoms with Crippen molar-refractivity contribution in [3.8, 4) is 11.5 Å². The van der Waals surface area contributed by atoms with E-state index in [0.29, 0.717) is 13.2 Å². The number of ether oxygens (including phenoxy) is 2. The lowest BCUT2D eigenvalue weighted by atomic mass is 10.1. The van der Waals surface area contributed by atoms with Crippen LogP contribution in [0.5, 0.6) is 11.5 Å². The topological polar surface area (TPSA) is 54.9 Å².